The Kier molecular flexibility index (Phi) is 17.0. The van der Waals surface area contributed by atoms with Gasteiger partial charge in [-0.2, -0.15) is 0 Å². The molecule has 1 aliphatic heterocycles. The summed E-state index contributed by atoms with van der Waals surface area (Å²) in [6, 6.07) is -0.421. The number of hydrogen-bond acceptors (Lipinski definition) is 5. The van der Waals surface area contributed by atoms with Gasteiger partial charge in [-0.1, -0.05) is 76.9 Å². The molecule has 1 heterocycles. The summed E-state index contributed by atoms with van der Waals surface area (Å²) in [5, 5.41) is 10.1. The van der Waals surface area contributed by atoms with Crippen LogP contribution in [0.15, 0.2) is 12.2 Å². The zero-order chi connectivity index (χ0) is 24.3. The maximum Gasteiger partial charge on any atom is 0.303 e. The van der Waals surface area contributed by atoms with Crippen LogP contribution in [0.2, 0.25) is 0 Å². The van der Waals surface area contributed by atoms with Crippen LogP contribution in [0, 0.1) is 0 Å². The van der Waals surface area contributed by atoms with E-state index in [1.54, 1.807) is 4.90 Å². The summed E-state index contributed by atoms with van der Waals surface area (Å²) in [7, 11) is 0. The first kappa shape index (κ1) is 29.6. The number of likely N-dealkylation sites (tertiary alicyclic amines) is 1. The average Bonchev–Trinajstić information content (AvgIpc) is 3.08. The van der Waals surface area contributed by atoms with Crippen molar-refractivity contribution in [3.63, 3.8) is 0 Å². The number of esters is 1. The second kappa shape index (κ2) is 19.0. The molecule has 0 spiro atoms. The minimum absolute atomic E-state index is 0.144. The molecular formula is C27H49NO5. The molecule has 33 heavy (non-hydrogen) atoms. The van der Waals surface area contributed by atoms with Gasteiger partial charge in [0.15, 0.2) is 6.10 Å². The van der Waals surface area contributed by atoms with E-state index < -0.39 is 24.2 Å². The van der Waals surface area contributed by atoms with Crippen LogP contribution in [0.5, 0.6) is 0 Å². The molecule has 0 bridgehead atoms. The molecule has 0 saturated carbocycles. The van der Waals surface area contributed by atoms with E-state index in [-0.39, 0.29) is 19.1 Å². The van der Waals surface area contributed by atoms with Crippen LogP contribution >= 0.6 is 0 Å². The Morgan fingerprint density at radius 1 is 0.879 bits per heavy atom. The topological polar surface area (TPSA) is 76.1 Å². The lowest BCUT2D eigenvalue weighted by Crippen LogP contribution is -2.44. The molecule has 0 aliphatic carbocycles. The molecule has 192 valence electrons. The summed E-state index contributed by atoms with van der Waals surface area (Å²) in [5.41, 5.74) is 0. The maximum atomic E-state index is 11.8. The lowest BCUT2D eigenvalue weighted by Gasteiger charge is -2.26. The zero-order valence-electron chi connectivity index (χ0n) is 21.4. The summed E-state index contributed by atoms with van der Waals surface area (Å²) in [6.45, 7) is 6.11. The van der Waals surface area contributed by atoms with E-state index in [0.717, 1.165) is 12.8 Å². The normalized spacial score (nSPS) is 20.6. The van der Waals surface area contributed by atoms with Crippen molar-refractivity contribution < 1.29 is 24.2 Å². The number of amides is 1. The molecule has 0 aromatic rings. The summed E-state index contributed by atoms with van der Waals surface area (Å²) in [4.78, 5) is 24.7. The predicted molar refractivity (Wildman–Crippen MR) is 133 cm³/mol. The minimum Gasteiger partial charge on any atom is -0.457 e. The standard InChI is InChI=1S/C27H49NO5/c1-4-5-6-7-8-9-10-11-12-13-14-15-16-17-18-19-20-32-22-25-27(33-24(3)30)26(31)21-28(25)23(2)29/h11-12,25-27,31H,4-10,13-22H2,1-3H3/b12-11-/t25-,26+,27-/m1/s1. The third-order valence-electron chi connectivity index (χ3n) is 6.34. The van der Waals surface area contributed by atoms with Crippen molar-refractivity contribution in [2.45, 2.75) is 129 Å². The van der Waals surface area contributed by atoms with Crippen LogP contribution < -0.4 is 0 Å². The number of ether oxygens (including phenoxy) is 2. The van der Waals surface area contributed by atoms with Crippen molar-refractivity contribution >= 4 is 11.9 Å². The van der Waals surface area contributed by atoms with Gasteiger partial charge in [0, 0.05) is 20.5 Å². The molecule has 6 nitrogen and oxygen atoms in total. The monoisotopic (exact) mass is 467 g/mol. The molecule has 1 amide bonds. The maximum absolute atomic E-state index is 11.8. The predicted octanol–water partition coefficient (Wildman–Crippen LogP) is 5.56. The van der Waals surface area contributed by atoms with Crippen molar-refractivity contribution in [1.82, 2.24) is 4.90 Å². The number of carbonyl (C=O) groups is 2. The smallest absolute Gasteiger partial charge is 0.303 e. The van der Waals surface area contributed by atoms with Crippen molar-refractivity contribution in [2.75, 3.05) is 19.8 Å². The van der Waals surface area contributed by atoms with Gasteiger partial charge in [0.05, 0.1) is 19.2 Å². The molecule has 0 radical (unpaired) electrons. The van der Waals surface area contributed by atoms with Crippen LogP contribution in [0.1, 0.15) is 111 Å². The number of allylic oxidation sites excluding steroid dienone is 2. The molecule has 1 rings (SSSR count). The highest BCUT2D eigenvalue weighted by Gasteiger charge is 2.44. The number of unbranched alkanes of at least 4 members (excludes halogenated alkanes) is 12. The van der Waals surface area contributed by atoms with E-state index in [2.05, 4.69) is 19.1 Å². The Morgan fingerprint density at radius 3 is 1.97 bits per heavy atom. The number of rotatable bonds is 19. The highest BCUT2D eigenvalue weighted by Crippen LogP contribution is 2.23. The lowest BCUT2D eigenvalue weighted by molar-refractivity contribution is -0.154. The van der Waals surface area contributed by atoms with Crippen molar-refractivity contribution in [3.8, 4) is 0 Å². The highest BCUT2D eigenvalue weighted by molar-refractivity contribution is 5.74. The van der Waals surface area contributed by atoms with Crippen LogP contribution in [-0.2, 0) is 19.1 Å². The van der Waals surface area contributed by atoms with Crippen molar-refractivity contribution in [2.24, 2.45) is 0 Å². The number of aliphatic hydroxyl groups is 1. The Bertz CT molecular complexity index is 551. The SMILES string of the molecule is CCCCCCCC/C=C\CCCCCCCCOC[C@@H]1[C@@H](OC(C)=O)[C@@H](O)CN1C(C)=O. The molecule has 1 aliphatic rings. The summed E-state index contributed by atoms with van der Waals surface area (Å²) >= 11 is 0. The van der Waals surface area contributed by atoms with Gasteiger partial charge in [-0.15, -0.1) is 0 Å². The first-order valence-corrected chi connectivity index (χ1v) is 13.3. The minimum atomic E-state index is -0.864. The first-order chi connectivity index (χ1) is 16.0. The van der Waals surface area contributed by atoms with Crippen LogP contribution in [0.4, 0.5) is 0 Å². The Hall–Kier alpha value is -1.40. The second-order valence-corrected chi connectivity index (χ2v) is 9.39. The molecule has 1 saturated heterocycles. The molecule has 3 atom stereocenters. The molecule has 1 N–H and O–H groups in total. The van der Waals surface area contributed by atoms with Gasteiger partial charge in [-0.05, 0) is 32.1 Å². The number of hydrogen-bond donors (Lipinski definition) is 1. The quantitative estimate of drug-likeness (QED) is 0.153. The highest BCUT2D eigenvalue weighted by atomic mass is 16.6. The lowest BCUT2D eigenvalue weighted by atomic mass is 10.1. The van der Waals surface area contributed by atoms with Crippen molar-refractivity contribution in [1.29, 1.82) is 0 Å². The fraction of sp³-hybridized carbons (Fsp3) is 0.852. The third kappa shape index (κ3) is 13.8. The first-order valence-electron chi connectivity index (χ1n) is 13.3. The number of aliphatic hydroxyl groups excluding tert-OH is 1. The summed E-state index contributed by atoms with van der Waals surface area (Å²) in [5.74, 6) is -0.600. The summed E-state index contributed by atoms with van der Waals surface area (Å²) in [6.07, 6.45) is 20.9. The van der Waals surface area contributed by atoms with Gasteiger partial charge in [0.1, 0.15) is 6.10 Å². The van der Waals surface area contributed by atoms with E-state index in [9.17, 15) is 14.7 Å². The number of carbonyl (C=O) groups excluding carboxylic acids is 2. The van der Waals surface area contributed by atoms with Gasteiger partial charge >= 0.3 is 5.97 Å². The van der Waals surface area contributed by atoms with E-state index in [4.69, 9.17) is 9.47 Å². The van der Waals surface area contributed by atoms with E-state index in [0.29, 0.717) is 6.61 Å². The summed E-state index contributed by atoms with van der Waals surface area (Å²) < 4.78 is 11.0. The number of β-amino-alcohol motifs (C(OH)–C–C–N with tert-alkyl or cyclic N) is 1. The Morgan fingerprint density at radius 2 is 1.42 bits per heavy atom. The Labute approximate surface area is 202 Å². The molecule has 0 aromatic carbocycles. The average molecular weight is 468 g/mol. The largest absolute Gasteiger partial charge is 0.457 e. The van der Waals surface area contributed by atoms with Crippen LogP contribution in [0.25, 0.3) is 0 Å². The molecular weight excluding hydrogens is 418 g/mol. The zero-order valence-corrected chi connectivity index (χ0v) is 21.4. The van der Waals surface area contributed by atoms with Crippen molar-refractivity contribution in [3.05, 3.63) is 12.2 Å². The molecule has 1 fully saturated rings. The third-order valence-corrected chi connectivity index (χ3v) is 6.34. The van der Waals surface area contributed by atoms with Crippen LogP contribution in [0.3, 0.4) is 0 Å². The van der Waals surface area contributed by atoms with E-state index in [1.807, 2.05) is 0 Å². The fourth-order valence-electron chi connectivity index (χ4n) is 4.43. The Balaban J connectivity index is 2.00. The molecule has 0 unspecified atom stereocenters. The van der Waals surface area contributed by atoms with Gasteiger partial charge in [-0.3, -0.25) is 9.59 Å². The van der Waals surface area contributed by atoms with E-state index >= 15 is 0 Å². The molecule has 6 heteroatoms. The second-order valence-electron chi connectivity index (χ2n) is 9.39. The van der Waals surface area contributed by atoms with Gasteiger partial charge in [0.2, 0.25) is 5.91 Å². The number of nitrogens with zero attached hydrogens (tertiary/aromatic N) is 1. The van der Waals surface area contributed by atoms with Gasteiger partial charge in [0.25, 0.3) is 0 Å². The van der Waals surface area contributed by atoms with E-state index in [1.165, 1.54) is 90.9 Å². The van der Waals surface area contributed by atoms with Crippen LogP contribution in [-0.4, -0.2) is 59.9 Å². The fourth-order valence-corrected chi connectivity index (χ4v) is 4.43. The van der Waals surface area contributed by atoms with Gasteiger partial charge < -0.3 is 19.5 Å². The molecule has 0 aromatic heterocycles. The van der Waals surface area contributed by atoms with Gasteiger partial charge in [-0.25, -0.2) is 0 Å².